The van der Waals surface area contributed by atoms with Crippen LogP contribution in [0.4, 0.5) is 0 Å². The lowest BCUT2D eigenvalue weighted by Gasteiger charge is -2.16. The highest BCUT2D eigenvalue weighted by atomic mass is 16.5. The summed E-state index contributed by atoms with van der Waals surface area (Å²) in [6, 6.07) is 7.69. The van der Waals surface area contributed by atoms with Gasteiger partial charge in [-0.3, -0.25) is 4.79 Å². The number of nitrogens with one attached hydrogen (secondary N) is 1. The predicted molar refractivity (Wildman–Crippen MR) is 73.3 cm³/mol. The average molecular weight is 263 g/mol. The Balaban J connectivity index is 1.88. The molecule has 0 aromatic heterocycles. The fraction of sp³-hybridized carbons (Fsp3) is 0.533. The zero-order chi connectivity index (χ0) is 13.5. The first-order chi connectivity index (χ1) is 9.28. The molecular weight excluding hydrogens is 242 g/mol. The Labute approximate surface area is 114 Å². The molecule has 1 unspecified atom stereocenters. The van der Waals surface area contributed by atoms with Gasteiger partial charge in [-0.2, -0.15) is 0 Å². The van der Waals surface area contributed by atoms with Gasteiger partial charge in [0, 0.05) is 0 Å². The topological polar surface area (TPSA) is 47.6 Å². The molecule has 2 rings (SSSR count). The van der Waals surface area contributed by atoms with Crippen molar-refractivity contribution in [1.29, 1.82) is 0 Å². The fourth-order valence-electron chi connectivity index (χ4n) is 2.22. The van der Waals surface area contributed by atoms with Crippen molar-refractivity contribution in [3.8, 4) is 5.75 Å². The van der Waals surface area contributed by atoms with Crippen molar-refractivity contribution in [2.75, 3.05) is 20.2 Å². The Hall–Kier alpha value is -1.55. The van der Waals surface area contributed by atoms with E-state index in [0.717, 1.165) is 43.7 Å². The van der Waals surface area contributed by atoms with Gasteiger partial charge in [-0.05, 0) is 50.0 Å². The second-order valence-corrected chi connectivity index (χ2v) is 4.82. The Kier molecular flexibility index (Phi) is 5.21. The maximum atomic E-state index is 11.2. The van der Waals surface area contributed by atoms with Crippen LogP contribution in [-0.4, -0.2) is 32.3 Å². The summed E-state index contributed by atoms with van der Waals surface area (Å²) in [4.78, 5) is 11.2. The first-order valence-corrected chi connectivity index (χ1v) is 6.81. The SMILES string of the molecule is COC(=O)Cc1ccc(OC2CCCNCC2)cc1. The third-order valence-corrected chi connectivity index (χ3v) is 3.32. The summed E-state index contributed by atoms with van der Waals surface area (Å²) in [5, 5.41) is 3.37. The number of carbonyl (C=O) groups is 1. The molecule has 1 N–H and O–H groups in total. The van der Waals surface area contributed by atoms with E-state index in [2.05, 4.69) is 10.1 Å². The average Bonchev–Trinajstić information content (AvgIpc) is 2.69. The third kappa shape index (κ3) is 4.56. The molecular formula is C15H21NO3. The Morgan fingerprint density at radius 1 is 1.26 bits per heavy atom. The van der Waals surface area contributed by atoms with E-state index >= 15 is 0 Å². The minimum Gasteiger partial charge on any atom is -0.490 e. The van der Waals surface area contributed by atoms with E-state index in [1.807, 2.05) is 24.3 Å². The van der Waals surface area contributed by atoms with Gasteiger partial charge in [0.05, 0.1) is 19.6 Å². The number of benzene rings is 1. The highest BCUT2D eigenvalue weighted by molar-refractivity contribution is 5.72. The van der Waals surface area contributed by atoms with Crippen LogP contribution in [0.15, 0.2) is 24.3 Å². The van der Waals surface area contributed by atoms with E-state index in [0.29, 0.717) is 12.5 Å². The normalized spacial score (nSPS) is 19.5. The van der Waals surface area contributed by atoms with E-state index in [1.54, 1.807) is 0 Å². The van der Waals surface area contributed by atoms with E-state index < -0.39 is 0 Å². The van der Waals surface area contributed by atoms with Crippen molar-refractivity contribution >= 4 is 5.97 Å². The molecule has 0 spiro atoms. The summed E-state index contributed by atoms with van der Waals surface area (Å²) in [6.07, 6.45) is 3.90. The predicted octanol–water partition coefficient (Wildman–Crippen LogP) is 1.92. The highest BCUT2D eigenvalue weighted by Crippen LogP contribution is 2.18. The lowest BCUT2D eigenvalue weighted by Crippen LogP contribution is -2.19. The summed E-state index contributed by atoms with van der Waals surface area (Å²) in [6.45, 7) is 2.10. The smallest absolute Gasteiger partial charge is 0.309 e. The summed E-state index contributed by atoms with van der Waals surface area (Å²) in [5.74, 6) is 0.657. The molecule has 1 aliphatic heterocycles. The molecule has 1 heterocycles. The fourth-order valence-corrected chi connectivity index (χ4v) is 2.22. The molecule has 1 fully saturated rings. The Morgan fingerprint density at radius 2 is 2.05 bits per heavy atom. The molecule has 0 saturated carbocycles. The summed E-state index contributed by atoms with van der Waals surface area (Å²) >= 11 is 0. The van der Waals surface area contributed by atoms with Crippen LogP contribution in [-0.2, 0) is 16.0 Å². The molecule has 4 nitrogen and oxygen atoms in total. The number of ether oxygens (including phenoxy) is 2. The number of hydrogen-bond acceptors (Lipinski definition) is 4. The van der Waals surface area contributed by atoms with Crippen LogP contribution in [0.25, 0.3) is 0 Å². The van der Waals surface area contributed by atoms with Gasteiger partial charge in [-0.15, -0.1) is 0 Å². The standard InChI is InChI=1S/C15H21NO3/c1-18-15(17)11-12-4-6-14(7-5-12)19-13-3-2-9-16-10-8-13/h4-7,13,16H,2-3,8-11H2,1H3. The number of hydrogen-bond donors (Lipinski definition) is 1. The summed E-state index contributed by atoms with van der Waals surface area (Å²) in [5.41, 5.74) is 0.946. The Morgan fingerprint density at radius 3 is 2.79 bits per heavy atom. The van der Waals surface area contributed by atoms with Crippen LogP contribution in [0.3, 0.4) is 0 Å². The highest BCUT2D eigenvalue weighted by Gasteiger charge is 2.13. The molecule has 19 heavy (non-hydrogen) atoms. The number of esters is 1. The number of carbonyl (C=O) groups excluding carboxylic acids is 1. The Bertz CT molecular complexity index is 394. The number of rotatable bonds is 4. The molecule has 1 aromatic carbocycles. The molecule has 0 amide bonds. The maximum absolute atomic E-state index is 11.2. The van der Waals surface area contributed by atoms with E-state index in [-0.39, 0.29) is 5.97 Å². The molecule has 4 heteroatoms. The van der Waals surface area contributed by atoms with Crippen molar-refractivity contribution in [3.63, 3.8) is 0 Å². The molecule has 1 atom stereocenters. The maximum Gasteiger partial charge on any atom is 0.309 e. The lowest BCUT2D eigenvalue weighted by atomic mass is 10.1. The zero-order valence-corrected chi connectivity index (χ0v) is 11.4. The minimum atomic E-state index is -0.219. The van der Waals surface area contributed by atoms with Crippen molar-refractivity contribution in [2.24, 2.45) is 0 Å². The molecule has 0 bridgehead atoms. The van der Waals surface area contributed by atoms with Gasteiger partial charge in [0.25, 0.3) is 0 Å². The van der Waals surface area contributed by atoms with E-state index in [4.69, 9.17) is 4.74 Å². The molecule has 1 aliphatic rings. The molecule has 1 aromatic rings. The molecule has 1 saturated heterocycles. The van der Waals surface area contributed by atoms with Crippen molar-refractivity contribution in [2.45, 2.75) is 31.8 Å². The van der Waals surface area contributed by atoms with Crippen molar-refractivity contribution in [3.05, 3.63) is 29.8 Å². The first-order valence-electron chi connectivity index (χ1n) is 6.81. The zero-order valence-electron chi connectivity index (χ0n) is 11.4. The van der Waals surface area contributed by atoms with Gasteiger partial charge in [-0.25, -0.2) is 0 Å². The van der Waals surface area contributed by atoms with Gasteiger partial charge >= 0.3 is 5.97 Å². The molecule has 0 aliphatic carbocycles. The minimum absolute atomic E-state index is 0.219. The van der Waals surface area contributed by atoms with Gasteiger partial charge in [0.1, 0.15) is 5.75 Å². The van der Waals surface area contributed by atoms with Gasteiger partial charge in [-0.1, -0.05) is 12.1 Å². The quantitative estimate of drug-likeness (QED) is 0.843. The van der Waals surface area contributed by atoms with Crippen LogP contribution in [0.5, 0.6) is 5.75 Å². The van der Waals surface area contributed by atoms with Crippen LogP contribution in [0, 0.1) is 0 Å². The van der Waals surface area contributed by atoms with Crippen LogP contribution in [0.2, 0.25) is 0 Å². The second kappa shape index (κ2) is 7.14. The van der Waals surface area contributed by atoms with Crippen molar-refractivity contribution in [1.82, 2.24) is 5.32 Å². The van der Waals surface area contributed by atoms with Gasteiger partial charge in [0.15, 0.2) is 0 Å². The monoisotopic (exact) mass is 263 g/mol. The van der Waals surface area contributed by atoms with Gasteiger partial charge in [0.2, 0.25) is 0 Å². The molecule has 104 valence electrons. The lowest BCUT2D eigenvalue weighted by molar-refractivity contribution is -0.139. The van der Waals surface area contributed by atoms with E-state index in [1.165, 1.54) is 7.11 Å². The van der Waals surface area contributed by atoms with Crippen LogP contribution in [0.1, 0.15) is 24.8 Å². The first kappa shape index (κ1) is 13.9. The summed E-state index contributed by atoms with van der Waals surface area (Å²) in [7, 11) is 1.40. The summed E-state index contributed by atoms with van der Waals surface area (Å²) < 4.78 is 10.6. The van der Waals surface area contributed by atoms with Crippen LogP contribution >= 0.6 is 0 Å². The largest absolute Gasteiger partial charge is 0.490 e. The van der Waals surface area contributed by atoms with E-state index in [9.17, 15) is 4.79 Å². The van der Waals surface area contributed by atoms with Crippen LogP contribution < -0.4 is 10.1 Å². The van der Waals surface area contributed by atoms with Crippen molar-refractivity contribution < 1.29 is 14.3 Å². The second-order valence-electron chi connectivity index (χ2n) is 4.82. The number of methoxy groups -OCH3 is 1. The third-order valence-electron chi connectivity index (χ3n) is 3.32. The molecule has 0 radical (unpaired) electrons. The van der Waals surface area contributed by atoms with Gasteiger partial charge < -0.3 is 14.8 Å².